The summed E-state index contributed by atoms with van der Waals surface area (Å²) in [6, 6.07) is 8.53. The van der Waals surface area contributed by atoms with Crippen LogP contribution in [0.15, 0.2) is 24.3 Å². The van der Waals surface area contributed by atoms with E-state index in [1.165, 1.54) is 0 Å². The van der Waals surface area contributed by atoms with Gasteiger partial charge in [-0.3, -0.25) is 4.79 Å². The zero-order valence-electron chi connectivity index (χ0n) is 14.6. The second-order valence-electron chi connectivity index (χ2n) is 5.25. The SMILES string of the molecule is CCOC(=O)C(OC(C)=O)(C(=O)OCC)c1c(C#N)[nH]c2ccccc12. The first-order valence-electron chi connectivity index (χ1n) is 7.97. The molecule has 1 heterocycles. The average Bonchev–Trinajstić information content (AvgIpc) is 2.98. The second kappa shape index (κ2) is 7.70. The molecule has 136 valence electrons. The van der Waals surface area contributed by atoms with Crippen LogP contribution in [-0.2, 0) is 34.2 Å². The summed E-state index contributed by atoms with van der Waals surface area (Å²) in [5.41, 5.74) is -2.26. The van der Waals surface area contributed by atoms with Crippen LogP contribution in [0.3, 0.4) is 0 Å². The van der Waals surface area contributed by atoms with E-state index < -0.39 is 23.5 Å². The third kappa shape index (κ3) is 3.11. The number of carbonyl (C=O) groups is 3. The van der Waals surface area contributed by atoms with Crippen molar-refractivity contribution in [2.75, 3.05) is 13.2 Å². The minimum absolute atomic E-state index is 0.0640. The fourth-order valence-electron chi connectivity index (χ4n) is 2.69. The number of hydrogen-bond donors (Lipinski definition) is 1. The Morgan fingerprint density at radius 3 is 2.19 bits per heavy atom. The molecule has 26 heavy (non-hydrogen) atoms. The number of para-hydroxylation sites is 1. The molecule has 8 heteroatoms. The van der Waals surface area contributed by atoms with Crippen molar-refractivity contribution in [3.8, 4) is 6.07 Å². The number of aromatic amines is 1. The lowest BCUT2D eigenvalue weighted by molar-refractivity contribution is -0.197. The lowest BCUT2D eigenvalue weighted by Crippen LogP contribution is -2.50. The van der Waals surface area contributed by atoms with Crippen molar-refractivity contribution < 1.29 is 28.6 Å². The van der Waals surface area contributed by atoms with E-state index in [2.05, 4.69) is 4.98 Å². The van der Waals surface area contributed by atoms with Crippen molar-refractivity contribution in [2.24, 2.45) is 0 Å². The maximum Gasteiger partial charge on any atom is 0.367 e. The van der Waals surface area contributed by atoms with Crippen LogP contribution in [0.5, 0.6) is 0 Å². The molecule has 0 radical (unpaired) electrons. The van der Waals surface area contributed by atoms with E-state index in [0.29, 0.717) is 10.9 Å². The zero-order chi connectivity index (χ0) is 19.3. The largest absolute Gasteiger partial charge is 0.462 e. The molecule has 1 N–H and O–H groups in total. The summed E-state index contributed by atoms with van der Waals surface area (Å²) in [4.78, 5) is 40.2. The summed E-state index contributed by atoms with van der Waals surface area (Å²) in [5, 5.41) is 9.88. The number of nitriles is 1. The molecule has 0 saturated heterocycles. The zero-order valence-corrected chi connectivity index (χ0v) is 14.6. The molecule has 2 rings (SSSR count). The maximum absolute atomic E-state index is 12.8. The quantitative estimate of drug-likeness (QED) is 0.476. The van der Waals surface area contributed by atoms with Gasteiger partial charge < -0.3 is 19.2 Å². The maximum atomic E-state index is 12.8. The first kappa shape index (κ1) is 19.0. The predicted molar refractivity (Wildman–Crippen MR) is 89.7 cm³/mol. The Bertz CT molecular complexity index is 875. The first-order chi connectivity index (χ1) is 12.4. The van der Waals surface area contributed by atoms with E-state index in [-0.39, 0.29) is 24.5 Å². The van der Waals surface area contributed by atoms with Crippen LogP contribution in [0.25, 0.3) is 10.9 Å². The second-order valence-corrected chi connectivity index (χ2v) is 5.25. The number of esters is 3. The highest BCUT2D eigenvalue weighted by Gasteiger charge is 2.57. The van der Waals surface area contributed by atoms with Crippen LogP contribution in [0.1, 0.15) is 32.0 Å². The molecule has 0 bridgehead atoms. The highest BCUT2D eigenvalue weighted by Crippen LogP contribution is 2.37. The third-order valence-corrected chi connectivity index (χ3v) is 3.59. The van der Waals surface area contributed by atoms with Gasteiger partial charge in [-0.15, -0.1) is 0 Å². The van der Waals surface area contributed by atoms with Gasteiger partial charge in [0.15, 0.2) is 0 Å². The monoisotopic (exact) mass is 358 g/mol. The molecular weight excluding hydrogens is 340 g/mol. The van der Waals surface area contributed by atoms with Crippen LogP contribution in [-0.4, -0.2) is 36.1 Å². The number of nitrogens with one attached hydrogen (secondary N) is 1. The predicted octanol–water partition coefficient (Wildman–Crippen LogP) is 1.92. The van der Waals surface area contributed by atoms with Crippen molar-refractivity contribution in [1.82, 2.24) is 4.98 Å². The van der Waals surface area contributed by atoms with Crippen molar-refractivity contribution in [2.45, 2.75) is 26.4 Å². The van der Waals surface area contributed by atoms with E-state index in [9.17, 15) is 19.6 Å². The number of rotatable bonds is 6. The molecule has 0 saturated carbocycles. The van der Waals surface area contributed by atoms with Crippen molar-refractivity contribution in [3.05, 3.63) is 35.5 Å². The summed E-state index contributed by atoms with van der Waals surface area (Å²) in [6.07, 6.45) is 0. The fraction of sp³-hybridized carbons (Fsp3) is 0.333. The van der Waals surface area contributed by atoms with Gasteiger partial charge in [-0.2, -0.15) is 5.26 Å². The molecule has 0 unspecified atom stereocenters. The van der Waals surface area contributed by atoms with E-state index in [1.54, 1.807) is 38.1 Å². The number of aromatic nitrogens is 1. The van der Waals surface area contributed by atoms with Gasteiger partial charge in [0.2, 0.25) is 0 Å². The third-order valence-electron chi connectivity index (χ3n) is 3.59. The number of benzene rings is 1. The first-order valence-corrected chi connectivity index (χ1v) is 7.97. The van der Waals surface area contributed by atoms with Crippen LogP contribution in [0.2, 0.25) is 0 Å². The molecule has 1 aromatic carbocycles. The van der Waals surface area contributed by atoms with Crippen molar-refractivity contribution in [3.63, 3.8) is 0 Å². The molecule has 1 aromatic heterocycles. The molecule has 0 spiro atoms. The number of hydrogen-bond acceptors (Lipinski definition) is 7. The average molecular weight is 358 g/mol. The van der Waals surface area contributed by atoms with E-state index >= 15 is 0 Å². The topological polar surface area (TPSA) is 118 Å². The van der Waals surface area contributed by atoms with Gasteiger partial charge in [-0.1, -0.05) is 18.2 Å². The van der Waals surface area contributed by atoms with Gasteiger partial charge in [-0.25, -0.2) is 9.59 Å². The Hall–Kier alpha value is -3.34. The lowest BCUT2D eigenvalue weighted by Gasteiger charge is -2.28. The van der Waals surface area contributed by atoms with Gasteiger partial charge in [0.25, 0.3) is 0 Å². The highest BCUT2D eigenvalue weighted by molar-refractivity contribution is 6.10. The molecular formula is C18H18N2O6. The molecule has 0 fully saturated rings. The van der Waals surface area contributed by atoms with Crippen LogP contribution < -0.4 is 0 Å². The Morgan fingerprint density at radius 2 is 1.69 bits per heavy atom. The molecule has 0 aliphatic carbocycles. The Morgan fingerprint density at radius 1 is 1.12 bits per heavy atom. The highest BCUT2D eigenvalue weighted by atomic mass is 16.6. The van der Waals surface area contributed by atoms with E-state index in [4.69, 9.17) is 14.2 Å². The summed E-state index contributed by atoms with van der Waals surface area (Å²) in [5.74, 6) is -3.16. The molecule has 2 aromatic rings. The minimum atomic E-state index is -2.54. The normalized spacial score (nSPS) is 10.8. The Labute approximate surface area is 149 Å². The summed E-state index contributed by atoms with van der Waals surface area (Å²) in [6.45, 7) is 4.01. The minimum Gasteiger partial charge on any atom is -0.462 e. The molecule has 0 aliphatic heterocycles. The van der Waals surface area contributed by atoms with Gasteiger partial charge in [0.05, 0.1) is 18.8 Å². The Kier molecular flexibility index (Phi) is 5.62. The molecule has 8 nitrogen and oxygen atoms in total. The number of ether oxygens (including phenoxy) is 3. The fourth-order valence-corrected chi connectivity index (χ4v) is 2.69. The van der Waals surface area contributed by atoms with Crippen LogP contribution in [0.4, 0.5) is 0 Å². The standard InChI is InChI=1S/C18H18N2O6/c1-4-24-16(22)18(26-11(3)21,17(23)25-5-2)15-12-8-6-7-9-13(12)20-14(15)10-19/h6-9,20H,4-5H2,1-3H3. The van der Waals surface area contributed by atoms with Crippen molar-refractivity contribution in [1.29, 1.82) is 5.26 Å². The Balaban J connectivity index is 2.90. The summed E-state index contributed by atoms with van der Waals surface area (Å²) >= 11 is 0. The number of nitrogens with zero attached hydrogens (tertiary/aromatic N) is 1. The van der Waals surface area contributed by atoms with E-state index in [0.717, 1.165) is 6.92 Å². The number of fused-ring (bicyclic) bond motifs is 1. The summed E-state index contributed by atoms with van der Waals surface area (Å²) in [7, 11) is 0. The molecule has 0 atom stereocenters. The van der Waals surface area contributed by atoms with Gasteiger partial charge in [-0.05, 0) is 19.9 Å². The van der Waals surface area contributed by atoms with Crippen LogP contribution >= 0.6 is 0 Å². The molecule has 0 aliphatic rings. The summed E-state index contributed by atoms with van der Waals surface area (Å²) < 4.78 is 15.2. The van der Waals surface area contributed by atoms with Crippen molar-refractivity contribution >= 4 is 28.8 Å². The van der Waals surface area contributed by atoms with Crippen LogP contribution in [0, 0.1) is 11.3 Å². The van der Waals surface area contributed by atoms with Gasteiger partial charge in [0.1, 0.15) is 11.8 Å². The van der Waals surface area contributed by atoms with Gasteiger partial charge >= 0.3 is 23.5 Å². The number of carbonyl (C=O) groups excluding carboxylic acids is 3. The smallest absolute Gasteiger partial charge is 0.367 e. The molecule has 0 amide bonds. The van der Waals surface area contributed by atoms with E-state index in [1.807, 2.05) is 6.07 Å². The number of H-pyrrole nitrogens is 1. The van der Waals surface area contributed by atoms with Gasteiger partial charge in [0, 0.05) is 17.8 Å². The lowest BCUT2D eigenvalue weighted by atomic mass is 9.90.